The molecule has 2 rings (SSSR count). The van der Waals surface area contributed by atoms with Gasteiger partial charge in [0.25, 0.3) is 0 Å². The Morgan fingerprint density at radius 3 is 2.52 bits per heavy atom. The number of methoxy groups -OCH3 is 1. The first-order valence-electron chi connectivity index (χ1n) is 6.04. The molecule has 110 valence electrons. The molecule has 7 heteroatoms. The normalized spacial score (nSPS) is 10.1. The zero-order chi connectivity index (χ0) is 15.2. The summed E-state index contributed by atoms with van der Waals surface area (Å²) in [5, 5.41) is 10.5. The minimum absolute atomic E-state index is 0.146. The van der Waals surface area contributed by atoms with Gasteiger partial charge in [-0.2, -0.15) is 0 Å². The third-order valence-corrected chi connectivity index (χ3v) is 3.48. The molecule has 0 fully saturated rings. The highest BCUT2D eigenvalue weighted by Gasteiger charge is 2.13. The first-order chi connectivity index (χ1) is 10.1. The van der Waals surface area contributed by atoms with Gasteiger partial charge >= 0.3 is 5.97 Å². The van der Waals surface area contributed by atoms with Crippen molar-refractivity contribution in [1.29, 1.82) is 0 Å². The Morgan fingerprint density at radius 1 is 1.24 bits per heavy atom. The maximum atomic E-state index is 11.9. The Kier molecular flexibility index (Phi) is 4.89. The minimum atomic E-state index is -0.978. The van der Waals surface area contributed by atoms with Gasteiger partial charge in [-0.25, -0.2) is 4.98 Å². The molecular formula is C14H13NO5S. The SMILES string of the molecule is COc1ccc(OCC(=O)c2nc(CC(=O)O)cs2)cc1. The number of Topliss-reactive ketones (excluding diaryl/α,β-unsaturated/α-hetero) is 1. The molecule has 0 saturated carbocycles. The van der Waals surface area contributed by atoms with Gasteiger partial charge in [0, 0.05) is 5.38 Å². The van der Waals surface area contributed by atoms with E-state index in [-0.39, 0.29) is 23.8 Å². The van der Waals surface area contributed by atoms with Crippen molar-refractivity contribution in [1.82, 2.24) is 4.98 Å². The monoisotopic (exact) mass is 307 g/mol. The van der Waals surface area contributed by atoms with E-state index in [2.05, 4.69) is 4.98 Å². The van der Waals surface area contributed by atoms with Crippen molar-refractivity contribution in [3.8, 4) is 11.5 Å². The van der Waals surface area contributed by atoms with E-state index in [0.717, 1.165) is 11.3 Å². The molecule has 0 unspecified atom stereocenters. The van der Waals surface area contributed by atoms with E-state index in [0.29, 0.717) is 17.2 Å². The number of nitrogens with zero attached hydrogens (tertiary/aromatic N) is 1. The maximum Gasteiger partial charge on any atom is 0.309 e. The summed E-state index contributed by atoms with van der Waals surface area (Å²) in [5.41, 5.74) is 0.375. The fourth-order valence-corrected chi connectivity index (χ4v) is 2.30. The third kappa shape index (κ3) is 4.28. The molecule has 0 radical (unpaired) electrons. The average molecular weight is 307 g/mol. The number of hydrogen-bond acceptors (Lipinski definition) is 6. The van der Waals surface area contributed by atoms with Crippen molar-refractivity contribution < 1.29 is 24.2 Å². The van der Waals surface area contributed by atoms with Crippen LogP contribution in [0.5, 0.6) is 11.5 Å². The van der Waals surface area contributed by atoms with Crippen LogP contribution in [0.2, 0.25) is 0 Å². The van der Waals surface area contributed by atoms with Gasteiger partial charge in [0.05, 0.1) is 19.2 Å². The lowest BCUT2D eigenvalue weighted by atomic mass is 10.3. The summed E-state index contributed by atoms with van der Waals surface area (Å²) < 4.78 is 10.4. The number of carbonyl (C=O) groups is 2. The lowest BCUT2D eigenvalue weighted by Crippen LogP contribution is -2.11. The Labute approximate surface area is 125 Å². The fraction of sp³-hybridized carbons (Fsp3) is 0.214. The second kappa shape index (κ2) is 6.85. The molecular weight excluding hydrogens is 294 g/mol. The third-order valence-electron chi connectivity index (χ3n) is 2.55. The number of aromatic nitrogens is 1. The van der Waals surface area contributed by atoms with E-state index in [1.807, 2.05) is 0 Å². The number of rotatable bonds is 7. The molecule has 1 heterocycles. The van der Waals surface area contributed by atoms with Gasteiger partial charge in [0.1, 0.15) is 11.5 Å². The van der Waals surface area contributed by atoms with Gasteiger partial charge in [-0.05, 0) is 24.3 Å². The fourth-order valence-electron chi connectivity index (χ4n) is 1.55. The van der Waals surface area contributed by atoms with E-state index in [9.17, 15) is 9.59 Å². The molecule has 1 N–H and O–H groups in total. The Morgan fingerprint density at radius 2 is 1.90 bits per heavy atom. The summed E-state index contributed by atoms with van der Waals surface area (Å²) in [7, 11) is 1.57. The van der Waals surface area contributed by atoms with Crippen LogP contribution < -0.4 is 9.47 Å². The number of ketones is 1. The molecule has 0 atom stereocenters. The first-order valence-corrected chi connectivity index (χ1v) is 6.92. The van der Waals surface area contributed by atoms with Crippen molar-refractivity contribution in [2.24, 2.45) is 0 Å². The summed E-state index contributed by atoms with van der Waals surface area (Å²) in [6, 6.07) is 6.86. The van der Waals surface area contributed by atoms with Gasteiger partial charge in [0.15, 0.2) is 11.6 Å². The van der Waals surface area contributed by atoms with Gasteiger partial charge in [-0.1, -0.05) is 0 Å². The molecule has 0 aliphatic heterocycles. The van der Waals surface area contributed by atoms with E-state index >= 15 is 0 Å². The zero-order valence-electron chi connectivity index (χ0n) is 11.2. The summed E-state index contributed by atoms with van der Waals surface area (Å²) >= 11 is 1.12. The highest BCUT2D eigenvalue weighted by atomic mass is 32.1. The number of thiazole rings is 1. The number of carboxylic acid groups (broad SMARTS) is 1. The molecule has 21 heavy (non-hydrogen) atoms. The van der Waals surface area contributed by atoms with Crippen LogP contribution >= 0.6 is 11.3 Å². The average Bonchev–Trinajstić information content (AvgIpc) is 2.93. The predicted octanol–water partition coefficient (Wildman–Crippen LogP) is 2.04. The lowest BCUT2D eigenvalue weighted by Gasteiger charge is -2.05. The highest BCUT2D eigenvalue weighted by molar-refractivity contribution is 7.11. The number of aliphatic carboxylic acids is 1. The molecule has 1 aromatic heterocycles. The van der Waals surface area contributed by atoms with Crippen LogP contribution in [-0.2, 0) is 11.2 Å². The van der Waals surface area contributed by atoms with Crippen LogP contribution in [0.4, 0.5) is 0 Å². The molecule has 0 spiro atoms. The van der Waals surface area contributed by atoms with Gasteiger partial charge in [-0.3, -0.25) is 9.59 Å². The van der Waals surface area contributed by atoms with Crippen molar-refractivity contribution in [2.75, 3.05) is 13.7 Å². The Hall–Kier alpha value is -2.41. The number of benzene rings is 1. The summed E-state index contributed by atoms with van der Waals surface area (Å²) in [6.45, 7) is -0.146. The highest BCUT2D eigenvalue weighted by Crippen LogP contribution is 2.18. The molecule has 6 nitrogen and oxygen atoms in total. The van der Waals surface area contributed by atoms with Crippen LogP contribution in [0.25, 0.3) is 0 Å². The number of hydrogen-bond donors (Lipinski definition) is 1. The van der Waals surface area contributed by atoms with E-state index in [1.54, 1.807) is 36.8 Å². The molecule has 2 aromatic rings. The summed E-state index contributed by atoms with van der Waals surface area (Å²) in [6.07, 6.45) is -0.191. The van der Waals surface area contributed by atoms with E-state index < -0.39 is 5.97 Å². The van der Waals surface area contributed by atoms with Crippen molar-refractivity contribution in [3.63, 3.8) is 0 Å². The molecule has 0 aliphatic carbocycles. The molecule has 0 bridgehead atoms. The molecule has 0 amide bonds. The molecule has 1 aromatic carbocycles. The maximum absolute atomic E-state index is 11.9. The topological polar surface area (TPSA) is 85.7 Å². The van der Waals surface area contributed by atoms with Gasteiger partial charge in [0.2, 0.25) is 5.78 Å². The zero-order valence-corrected chi connectivity index (χ0v) is 12.1. The van der Waals surface area contributed by atoms with Crippen LogP contribution in [0.1, 0.15) is 15.5 Å². The van der Waals surface area contributed by atoms with Crippen LogP contribution in [0.15, 0.2) is 29.6 Å². The number of carboxylic acids is 1. The van der Waals surface area contributed by atoms with Crippen molar-refractivity contribution in [2.45, 2.75) is 6.42 Å². The smallest absolute Gasteiger partial charge is 0.309 e. The van der Waals surface area contributed by atoms with Gasteiger partial charge < -0.3 is 14.6 Å². The van der Waals surface area contributed by atoms with E-state index in [1.165, 1.54) is 0 Å². The van der Waals surface area contributed by atoms with Gasteiger partial charge in [-0.15, -0.1) is 11.3 Å². The first kappa shape index (κ1) is 15.0. The number of carbonyl (C=O) groups excluding carboxylic acids is 1. The summed E-state index contributed by atoms with van der Waals surface area (Å²) in [4.78, 5) is 26.4. The molecule has 0 aliphatic rings. The predicted molar refractivity (Wildman–Crippen MR) is 76.3 cm³/mol. The Bertz CT molecular complexity index is 635. The van der Waals surface area contributed by atoms with Crippen molar-refractivity contribution in [3.05, 3.63) is 40.3 Å². The van der Waals surface area contributed by atoms with E-state index in [4.69, 9.17) is 14.6 Å². The quantitative estimate of drug-likeness (QED) is 0.788. The van der Waals surface area contributed by atoms with Crippen LogP contribution in [0.3, 0.4) is 0 Å². The second-order valence-corrected chi connectivity index (χ2v) is 4.96. The number of ether oxygens (including phenoxy) is 2. The molecule has 0 saturated heterocycles. The lowest BCUT2D eigenvalue weighted by molar-refractivity contribution is -0.136. The Balaban J connectivity index is 1.91. The standard InChI is InChI=1S/C14H13NO5S/c1-19-10-2-4-11(5-3-10)20-7-12(16)14-15-9(8-21-14)6-13(17)18/h2-5,8H,6-7H2,1H3,(H,17,18). The summed E-state index contributed by atoms with van der Waals surface area (Å²) in [5.74, 6) is -0.0142. The van der Waals surface area contributed by atoms with Crippen LogP contribution in [0, 0.1) is 0 Å². The van der Waals surface area contributed by atoms with Crippen LogP contribution in [-0.4, -0.2) is 35.6 Å². The second-order valence-electron chi connectivity index (χ2n) is 4.10. The van der Waals surface area contributed by atoms with Crippen molar-refractivity contribution >= 4 is 23.1 Å². The minimum Gasteiger partial charge on any atom is -0.497 e. The largest absolute Gasteiger partial charge is 0.497 e.